The lowest BCUT2D eigenvalue weighted by Gasteiger charge is -2.10. The van der Waals surface area contributed by atoms with Crippen molar-refractivity contribution in [2.45, 2.75) is 6.92 Å². The Morgan fingerprint density at radius 2 is 1.61 bits per heavy atom. The van der Waals surface area contributed by atoms with Gasteiger partial charge in [0.2, 0.25) is 0 Å². The van der Waals surface area contributed by atoms with Gasteiger partial charge in [-0.25, -0.2) is 4.79 Å². The number of hydrogen-bond donors (Lipinski definition) is 0. The van der Waals surface area contributed by atoms with Crippen molar-refractivity contribution >= 4 is 17.4 Å². The van der Waals surface area contributed by atoms with E-state index in [0.29, 0.717) is 5.56 Å². The summed E-state index contributed by atoms with van der Waals surface area (Å²) >= 11 is 0. The molecular weight excluding hydrogens is 302 g/mol. The van der Waals surface area contributed by atoms with Crippen molar-refractivity contribution < 1.29 is 24.0 Å². The minimum absolute atomic E-state index is 0.120. The minimum Gasteiger partial charge on any atom is -0.493 e. The number of ketones is 1. The minimum atomic E-state index is -0.686. The molecule has 0 fully saturated rings. The van der Waals surface area contributed by atoms with E-state index in [-0.39, 0.29) is 28.5 Å². The highest BCUT2D eigenvalue weighted by Gasteiger charge is 2.15. The van der Waals surface area contributed by atoms with E-state index in [1.165, 1.54) is 56.5 Å². The highest BCUT2D eigenvalue weighted by atomic mass is 16.6. The largest absolute Gasteiger partial charge is 0.493 e. The fourth-order valence-electron chi connectivity index (χ4n) is 1.85. The molecular formula is C16H13NO6. The molecule has 23 heavy (non-hydrogen) atoms. The highest BCUT2D eigenvalue weighted by Crippen LogP contribution is 2.29. The average Bonchev–Trinajstić information content (AvgIpc) is 2.55. The molecule has 0 unspecified atom stereocenters. The Kier molecular flexibility index (Phi) is 4.70. The van der Waals surface area contributed by atoms with E-state index in [1.807, 2.05) is 0 Å². The summed E-state index contributed by atoms with van der Waals surface area (Å²) < 4.78 is 10.3. The maximum absolute atomic E-state index is 12.1. The Hall–Kier alpha value is -3.22. The van der Waals surface area contributed by atoms with Crippen LogP contribution in [0.5, 0.6) is 11.5 Å². The molecule has 0 spiro atoms. The summed E-state index contributed by atoms with van der Waals surface area (Å²) in [5.41, 5.74) is 0.468. The van der Waals surface area contributed by atoms with Gasteiger partial charge in [-0.2, -0.15) is 0 Å². The highest BCUT2D eigenvalue weighted by molar-refractivity contribution is 5.95. The lowest BCUT2D eigenvalue weighted by molar-refractivity contribution is -0.384. The lowest BCUT2D eigenvalue weighted by Crippen LogP contribution is -2.09. The van der Waals surface area contributed by atoms with Crippen LogP contribution in [0.1, 0.15) is 27.6 Å². The topological polar surface area (TPSA) is 95.7 Å². The third-order valence-electron chi connectivity index (χ3n) is 3.09. The molecule has 0 heterocycles. The van der Waals surface area contributed by atoms with Crippen LogP contribution in [0.15, 0.2) is 42.5 Å². The number of ether oxygens (including phenoxy) is 2. The summed E-state index contributed by atoms with van der Waals surface area (Å²) in [4.78, 5) is 33.4. The van der Waals surface area contributed by atoms with E-state index in [9.17, 15) is 19.7 Å². The summed E-state index contributed by atoms with van der Waals surface area (Å²) in [7, 11) is 1.39. The van der Waals surface area contributed by atoms with E-state index in [4.69, 9.17) is 9.47 Å². The van der Waals surface area contributed by atoms with Crippen molar-refractivity contribution in [3.63, 3.8) is 0 Å². The van der Waals surface area contributed by atoms with Crippen LogP contribution in [0.2, 0.25) is 0 Å². The normalized spacial score (nSPS) is 10.0. The molecule has 0 atom stereocenters. The van der Waals surface area contributed by atoms with Crippen molar-refractivity contribution in [1.82, 2.24) is 0 Å². The van der Waals surface area contributed by atoms with Gasteiger partial charge in [-0.1, -0.05) is 0 Å². The summed E-state index contributed by atoms with van der Waals surface area (Å²) in [6.45, 7) is 1.41. The number of carbonyl (C=O) groups is 2. The molecule has 0 saturated heterocycles. The van der Waals surface area contributed by atoms with E-state index < -0.39 is 10.9 Å². The van der Waals surface area contributed by atoms with Crippen molar-refractivity contribution in [1.29, 1.82) is 0 Å². The molecule has 0 aromatic heterocycles. The fraction of sp³-hybridized carbons (Fsp3) is 0.125. The molecule has 118 valence electrons. The maximum atomic E-state index is 12.1. The van der Waals surface area contributed by atoms with Crippen LogP contribution in [0.4, 0.5) is 5.69 Å². The van der Waals surface area contributed by atoms with E-state index >= 15 is 0 Å². The van der Waals surface area contributed by atoms with E-state index in [2.05, 4.69) is 0 Å². The molecule has 0 amide bonds. The fourth-order valence-corrected chi connectivity index (χ4v) is 1.85. The number of Topliss-reactive ketones (excluding diaryl/α,β-unsaturated/α-hetero) is 1. The van der Waals surface area contributed by atoms with E-state index in [1.54, 1.807) is 0 Å². The quantitative estimate of drug-likeness (QED) is 0.277. The van der Waals surface area contributed by atoms with Gasteiger partial charge < -0.3 is 9.47 Å². The summed E-state index contributed by atoms with van der Waals surface area (Å²) in [5.74, 6) is -0.431. The Morgan fingerprint density at radius 3 is 2.13 bits per heavy atom. The molecule has 7 heteroatoms. The first-order valence-corrected chi connectivity index (χ1v) is 6.58. The third kappa shape index (κ3) is 3.70. The van der Waals surface area contributed by atoms with Crippen LogP contribution >= 0.6 is 0 Å². The molecule has 0 radical (unpaired) electrons. The van der Waals surface area contributed by atoms with Crippen molar-refractivity contribution in [2.24, 2.45) is 0 Å². The van der Waals surface area contributed by atoms with Crippen LogP contribution < -0.4 is 9.47 Å². The number of carbonyl (C=O) groups excluding carboxylic acids is 2. The number of benzene rings is 2. The first kappa shape index (κ1) is 16.2. The summed E-state index contributed by atoms with van der Waals surface area (Å²) in [5, 5.41) is 10.6. The number of hydrogen-bond acceptors (Lipinski definition) is 6. The molecule has 7 nitrogen and oxygen atoms in total. The number of nitro benzene ring substituents is 1. The predicted molar refractivity (Wildman–Crippen MR) is 81.1 cm³/mol. The van der Waals surface area contributed by atoms with Gasteiger partial charge in [0.05, 0.1) is 17.6 Å². The Balaban J connectivity index is 2.22. The second-order valence-corrected chi connectivity index (χ2v) is 4.62. The summed E-state index contributed by atoms with van der Waals surface area (Å²) in [6.07, 6.45) is 0. The van der Waals surface area contributed by atoms with Gasteiger partial charge in [-0.05, 0) is 37.3 Å². The van der Waals surface area contributed by atoms with Crippen LogP contribution in [0, 0.1) is 10.1 Å². The van der Waals surface area contributed by atoms with Crippen LogP contribution in [-0.4, -0.2) is 23.8 Å². The van der Waals surface area contributed by atoms with Gasteiger partial charge in [0.25, 0.3) is 5.69 Å². The van der Waals surface area contributed by atoms with Crippen molar-refractivity contribution in [3.8, 4) is 11.5 Å². The summed E-state index contributed by atoms with van der Waals surface area (Å²) in [6, 6.07) is 9.48. The predicted octanol–water partition coefficient (Wildman–Crippen LogP) is 3.03. The zero-order valence-electron chi connectivity index (χ0n) is 12.4. The number of rotatable bonds is 5. The van der Waals surface area contributed by atoms with Crippen LogP contribution in [0.3, 0.4) is 0 Å². The Bertz CT molecular complexity index is 767. The molecule has 0 aliphatic heterocycles. The van der Waals surface area contributed by atoms with Crippen molar-refractivity contribution in [3.05, 3.63) is 63.7 Å². The first-order chi connectivity index (χ1) is 10.9. The van der Waals surface area contributed by atoms with Crippen molar-refractivity contribution in [2.75, 3.05) is 7.11 Å². The Labute approximate surface area is 131 Å². The van der Waals surface area contributed by atoms with Gasteiger partial charge in [-0.15, -0.1) is 0 Å². The Morgan fingerprint density at radius 1 is 1.00 bits per heavy atom. The van der Waals surface area contributed by atoms with E-state index in [0.717, 1.165) is 0 Å². The van der Waals surface area contributed by atoms with Crippen LogP contribution in [-0.2, 0) is 0 Å². The monoisotopic (exact) mass is 315 g/mol. The number of nitro groups is 1. The van der Waals surface area contributed by atoms with Gasteiger partial charge in [0.1, 0.15) is 0 Å². The number of methoxy groups -OCH3 is 1. The second kappa shape index (κ2) is 6.69. The average molecular weight is 315 g/mol. The number of nitrogens with zero attached hydrogens (tertiary/aromatic N) is 1. The smallest absolute Gasteiger partial charge is 0.343 e. The lowest BCUT2D eigenvalue weighted by atomic mass is 10.1. The molecule has 2 rings (SSSR count). The standard InChI is InChI=1S/C16H13NO6/c1-10(18)12-5-8-14(15(9-12)22-2)23-16(19)11-3-6-13(7-4-11)17(20)21/h3-9H,1-2H3. The van der Waals surface area contributed by atoms with Crippen LogP contribution in [0.25, 0.3) is 0 Å². The molecule has 2 aromatic carbocycles. The molecule has 0 N–H and O–H groups in total. The third-order valence-corrected chi connectivity index (χ3v) is 3.09. The molecule has 0 aliphatic carbocycles. The first-order valence-electron chi connectivity index (χ1n) is 6.58. The van der Waals surface area contributed by atoms with Gasteiger partial charge in [-0.3, -0.25) is 14.9 Å². The molecule has 0 saturated carbocycles. The number of non-ortho nitro benzene ring substituents is 1. The van der Waals surface area contributed by atoms with Gasteiger partial charge >= 0.3 is 5.97 Å². The SMILES string of the molecule is COc1cc(C(C)=O)ccc1OC(=O)c1ccc([N+](=O)[O-])cc1. The van der Waals surface area contributed by atoms with Gasteiger partial charge in [0, 0.05) is 17.7 Å². The zero-order valence-corrected chi connectivity index (χ0v) is 12.4. The number of esters is 1. The molecule has 2 aromatic rings. The molecule has 0 bridgehead atoms. The molecule has 0 aliphatic rings. The zero-order chi connectivity index (χ0) is 17.0. The maximum Gasteiger partial charge on any atom is 0.343 e. The van der Waals surface area contributed by atoms with Gasteiger partial charge in [0.15, 0.2) is 17.3 Å². The second-order valence-electron chi connectivity index (χ2n) is 4.62.